The van der Waals surface area contributed by atoms with Crippen LogP contribution in [0.4, 0.5) is 0 Å². The van der Waals surface area contributed by atoms with Gasteiger partial charge in [0.1, 0.15) is 0 Å². The Morgan fingerprint density at radius 1 is 1.47 bits per heavy atom. The van der Waals surface area contributed by atoms with Crippen molar-refractivity contribution in [2.45, 2.75) is 39.7 Å². The van der Waals surface area contributed by atoms with Gasteiger partial charge in [-0.25, -0.2) is 9.67 Å². The summed E-state index contributed by atoms with van der Waals surface area (Å²) in [5.74, 6) is 0.115. The average molecular weight is 260 g/mol. The standard InChI is InChI=1S/C14H20N4O/c1-9(2)18-14-12(8-16-18)11(7-10(3)17-14)13(19)5-4-6-15/h7-9H,4-6,15H2,1-3H3. The first-order valence-electron chi connectivity index (χ1n) is 6.62. The number of pyridine rings is 1. The molecule has 5 nitrogen and oxygen atoms in total. The fourth-order valence-corrected chi connectivity index (χ4v) is 2.15. The number of nitrogens with two attached hydrogens (primary N) is 1. The molecule has 2 rings (SSSR count). The highest BCUT2D eigenvalue weighted by Crippen LogP contribution is 2.22. The Morgan fingerprint density at radius 2 is 2.21 bits per heavy atom. The van der Waals surface area contributed by atoms with Crippen LogP contribution in [0.3, 0.4) is 0 Å². The Balaban J connectivity index is 2.52. The molecule has 0 fully saturated rings. The highest BCUT2D eigenvalue weighted by Gasteiger charge is 2.16. The Morgan fingerprint density at radius 3 is 2.84 bits per heavy atom. The molecule has 0 aliphatic rings. The number of Topliss-reactive ketones (excluding diaryl/α,β-unsaturated/α-hetero) is 1. The van der Waals surface area contributed by atoms with Crippen molar-refractivity contribution in [2.24, 2.45) is 5.73 Å². The number of aryl methyl sites for hydroxylation is 1. The van der Waals surface area contributed by atoms with E-state index in [2.05, 4.69) is 10.1 Å². The van der Waals surface area contributed by atoms with Gasteiger partial charge in [-0.05, 0) is 39.8 Å². The lowest BCUT2D eigenvalue weighted by Crippen LogP contribution is -2.07. The molecular formula is C14H20N4O. The summed E-state index contributed by atoms with van der Waals surface area (Å²) in [4.78, 5) is 16.7. The molecule has 2 aromatic heterocycles. The lowest BCUT2D eigenvalue weighted by atomic mass is 10.0. The molecule has 0 aromatic carbocycles. The number of nitrogens with zero attached hydrogens (tertiary/aromatic N) is 3. The fourth-order valence-electron chi connectivity index (χ4n) is 2.15. The van der Waals surface area contributed by atoms with Crippen LogP contribution < -0.4 is 5.73 Å². The molecule has 19 heavy (non-hydrogen) atoms. The van der Waals surface area contributed by atoms with Crippen LogP contribution in [-0.4, -0.2) is 27.1 Å². The number of hydrogen-bond acceptors (Lipinski definition) is 4. The maximum atomic E-state index is 12.2. The van der Waals surface area contributed by atoms with E-state index in [4.69, 9.17) is 5.73 Å². The summed E-state index contributed by atoms with van der Waals surface area (Å²) in [6.45, 7) is 6.53. The van der Waals surface area contributed by atoms with Crippen molar-refractivity contribution in [1.29, 1.82) is 0 Å². The molecule has 0 unspecified atom stereocenters. The summed E-state index contributed by atoms with van der Waals surface area (Å²) in [5.41, 5.74) is 7.79. The first-order chi connectivity index (χ1) is 9.04. The average Bonchev–Trinajstić information content (AvgIpc) is 2.78. The van der Waals surface area contributed by atoms with Crippen molar-refractivity contribution in [3.8, 4) is 0 Å². The molecule has 102 valence electrons. The van der Waals surface area contributed by atoms with E-state index in [0.717, 1.165) is 16.7 Å². The number of ketones is 1. The lowest BCUT2D eigenvalue weighted by molar-refractivity contribution is 0.0982. The summed E-state index contributed by atoms with van der Waals surface area (Å²) >= 11 is 0. The zero-order chi connectivity index (χ0) is 14.0. The number of rotatable bonds is 5. The van der Waals surface area contributed by atoms with Crippen molar-refractivity contribution in [3.63, 3.8) is 0 Å². The molecule has 0 radical (unpaired) electrons. The third kappa shape index (κ3) is 2.66. The zero-order valence-electron chi connectivity index (χ0n) is 11.7. The molecule has 2 heterocycles. The van der Waals surface area contributed by atoms with E-state index in [1.807, 2.05) is 31.5 Å². The van der Waals surface area contributed by atoms with Gasteiger partial charge in [-0.2, -0.15) is 5.10 Å². The van der Waals surface area contributed by atoms with E-state index in [1.54, 1.807) is 6.20 Å². The quantitative estimate of drug-likeness (QED) is 0.837. The molecule has 0 atom stereocenters. The zero-order valence-corrected chi connectivity index (χ0v) is 11.7. The molecule has 0 saturated heterocycles. The third-order valence-corrected chi connectivity index (χ3v) is 3.09. The highest BCUT2D eigenvalue weighted by molar-refractivity contribution is 6.06. The minimum Gasteiger partial charge on any atom is -0.330 e. The minimum absolute atomic E-state index is 0.115. The number of fused-ring (bicyclic) bond motifs is 1. The van der Waals surface area contributed by atoms with Crippen molar-refractivity contribution < 1.29 is 4.79 Å². The predicted octanol–water partition coefficient (Wildman–Crippen LogP) is 2.24. The van der Waals surface area contributed by atoms with E-state index < -0.39 is 0 Å². The van der Waals surface area contributed by atoms with Gasteiger partial charge in [0, 0.05) is 29.1 Å². The molecule has 5 heteroatoms. The summed E-state index contributed by atoms with van der Waals surface area (Å²) in [7, 11) is 0. The van der Waals surface area contributed by atoms with Gasteiger partial charge in [0.15, 0.2) is 11.4 Å². The molecule has 0 aliphatic heterocycles. The maximum Gasteiger partial charge on any atom is 0.163 e. The van der Waals surface area contributed by atoms with E-state index >= 15 is 0 Å². The summed E-state index contributed by atoms with van der Waals surface area (Å²) in [5, 5.41) is 5.17. The fraction of sp³-hybridized carbons (Fsp3) is 0.500. The van der Waals surface area contributed by atoms with Crippen molar-refractivity contribution in [3.05, 3.63) is 23.5 Å². The second kappa shape index (κ2) is 5.48. The van der Waals surface area contributed by atoms with Crippen molar-refractivity contribution in [2.75, 3.05) is 6.54 Å². The summed E-state index contributed by atoms with van der Waals surface area (Å²) in [6, 6.07) is 2.06. The van der Waals surface area contributed by atoms with Crippen LogP contribution in [0.1, 0.15) is 48.8 Å². The van der Waals surface area contributed by atoms with Crippen molar-refractivity contribution >= 4 is 16.8 Å². The summed E-state index contributed by atoms with van der Waals surface area (Å²) in [6.07, 6.45) is 2.92. The van der Waals surface area contributed by atoms with E-state index in [0.29, 0.717) is 24.9 Å². The number of carbonyl (C=O) groups excluding carboxylic acids is 1. The number of aromatic nitrogens is 3. The predicted molar refractivity (Wildman–Crippen MR) is 75.3 cm³/mol. The second-order valence-corrected chi connectivity index (χ2v) is 5.05. The van der Waals surface area contributed by atoms with Gasteiger partial charge < -0.3 is 5.73 Å². The van der Waals surface area contributed by atoms with Gasteiger partial charge in [-0.3, -0.25) is 4.79 Å². The molecule has 2 N–H and O–H groups in total. The van der Waals surface area contributed by atoms with Gasteiger partial charge in [0.2, 0.25) is 0 Å². The topological polar surface area (TPSA) is 73.8 Å². The van der Waals surface area contributed by atoms with E-state index in [-0.39, 0.29) is 11.8 Å². The van der Waals surface area contributed by atoms with Gasteiger partial charge in [-0.1, -0.05) is 0 Å². The van der Waals surface area contributed by atoms with Crippen LogP contribution in [0.15, 0.2) is 12.3 Å². The van der Waals surface area contributed by atoms with Crippen LogP contribution >= 0.6 is 0 Å². The maximum absolute atomic E-state index is 12.2. The minimum atomic E-state index is 0.115. The first-order valence-corrected chi connectivity index (χ1v) is 6.62. The highest BCUT2D eigenvalue weighted by atomic mass is 16.1. The van der Waals surface area contributed by atoms with Crippen LogP contribution in [0.2, 0.25) is 0 Å². The van der Waals surface area contributed by atoms with Gasteiger partial charge in [0.05, 0.1) is 6.20 Å². The van der Waals surface area contributed by atoms with E-state index in [9.17, 15) is 4.79 Å². The normalized spacial score (nSPS) is 11.4. The monoisotopic (exact) mass is 260 g/mol. The molecule has 0 bridgehead atoms. The first kappa shape index (κ1) is 13.7. The molecule has 0 saturated carbocycles. The van der Waals surface area contributed by atoms with E-state index in [1.165, 1.54) is 0 Å². The second-order valence-electron chi connectivity index (χ2n) is 5.05. The summed E-state index contributed by atoms with van der Waals surface area (Å²) < 4.78 is 1.85. The third-order valence-electron chi connectivity index (χ3n) is 3.09. The van der Waals surface area contributed by atoms with Crippen molar-refractivity contribution in [1.82, 2.24) is 14.8 Å². The smallest absolute Gasteiger partial charge is 0.163 e. The van der Waals surface area contributed by atoms with Crippen LogP contribution in [0.25, 0.3) is 11.0 Å². The Labute approximate surface area is 112 Å². The number of carbonyl (C=O) groups is 1. The Kier molecular flexibility index (Phi) is 3.95. The van der Waals surface area contributed by atoms with Gasteiger partial charge >= 0.3 is 0 Å². The lowest BCUT2D eigenvalue weighted by Gasteiger charge is -2.08. The van der Waals surface area contributed by atoms with Crippen LogP contribution in [0, 0.1) is 6.92 Å². The SMILES string of the molecule is Cc1cc(C(=O)CCCN)c2cnn(C(C)C)c2n1. The van der Waals surface area contributed by atoms with Crippen LogP contribution in [0.5, 0.6) is 0 Å². The number of hydrogen-bond donors (Lipinski definition) is 1. The molecule has 2 aromatic rings. The Bertz CT molecular complexity index is 601. The molecule has 0 amide bonds. The molecular weight excluding hydrogens is 240 g/mol. The molecule has 0 aliphatic carbocycles. The van der Waals surface area contributed by atoms with Crippen LogP contribution in [-0.2, 0) is 0 Å². The molecule has 0 spiro atoms. The van der Waals surface area contributed by atoms with Gasteiger partial charge in [0.25, 0.3) is 0 Å². The van der Waals surface area contributed by atoms with Gasteiger partial charge in [-0.15, -0.1) is 0 Å². The Hall–Kier alpha value is -1.75. The largest absolute Gasteiger partial charge is 0.330 e.